The molecular formula is C21H22O4. The Morgan fingerprint density at radius 3 is 2.48 bits per heavy atom. The van der Waals surface area contributed by atoms with E-state index in [0.29, 0.717) is 43.6 Å². The van der Waals surface area contributed by atoms with Gasteiger partial charge in [0.25, 0.3) is 0 Å². The summed E-state index contributed by atoms with van der Waals surface area (Å²) in [6, 6.07) is 11.3. The summed E-state index contributed by atoms with van der Waals surface area (Å²) >= 11 is 0. The number of carbonyl (C=O) groups is 2. The lowest BCUT2D eigenvalue weighted by molar-refractivity contribution is -0.143. The summed E-state index contributed by atoms with van der Waals surface area (Å²) in [7, 11) is 0. The number of rotatable bonds is 8. The summed E-state index contributed by atoms with van der Waals surface area (Å²) in [6.07, 6.45) is 4.70. The minimum Gasteiger partial charge on any atom is -0.466 e. The first-order valence-corrected chi connectivity index (χ1v) is 8.45. The predicted octanol–water partition coefficient (Wildman–Crippen LogP) is 4.51. The highest BCUT2D eigenvalue weighted by molar-refractivity contribution is 6.00. The Morgan fingerprint density at radius 1 is 1.00 bits per heavy atom. The van der Waals surface area contributed by atoms with Crippen LogP contribution in [0.4, 0.5) is 0 Å². The van der Waals surface area contributed by atoms with Gasteiger partial charge < -0.3 is 9.47 Å². The van der Waals surface area contributed by atoms with Gasteiger partial charge in [-0.25, -0.2) is 0 Å². The van der Waals surface area contributed by atoms with Crippen LogP contribution in [-0.4, -0.2) is 18.4 Å². The van der Waals surface area contributed by atoms with Crippen molar-refractivity contribution in [1.82, 2.24) is 0 Å². The van der Waals surface area contributed by atoms with Crippen molar-refractivity contribution < 1.29 is 19.1 Å². The molecule has 0 amide bonds. The normalized spacial score (nSPS) is 10.0. The predicted molar refractivity (Wildman–Crippen MR) is 97.5 cm³/mol. The van der Waals surface area contributed by atoms with E-state index >= 15 is 0 Å². The molecule has 0 bridgehead atoms. The van der Waals surface area contributed by atoms with E-state index in [2.05, 4.69) is 12.0 Å². The second-order valence-electron chi connectivity index (χ2n) is 5.61. The number of hydrogen-bond donors (Lipinski definition) is 0. The smallest absolute Gasteiger partial charge is 0.305 e. The molecule has 0 heterocycles. The first-order valence-electron chi connectivity index (χ1n) is 8.45. The van der Waals surface area contributed by atoms with Gasteiger partial charge in [-0.05, 0) is 48.7 Å². The van der Waals surface area contributed by atoms with E-state index < -0.39 is 0 Å². The van der Waals surface area contributed by atoms with Gasteiger partial charge in [0, 0.05) is 25.3 Å². The zero-order valence-electron chi connectivity index (χ0n) is 14.6. The van der Waals surface area contributed by atoms with E-state index in [1.807, 2.05) is 36.4 Å². The van der Waals surface area contributed by atoms with E-state index in [9.17, 15) is 9.59 Å². The summed E-state index contributed by atoms with van der Waals surface area (Å²) in [5, 5.41) is 1.98. The molecule has 4 heteroatoms. The summed E-state index contributed by atoms with van der Waals surface area (Å²) in [6.45, 7) is 3.89. The molecule has 0 atom stereocenters. The number of ketones is 1. The molecule has 4 nitrogen and oxygen atoms in total. The van der Waals surface area contributed by atoms with Gasteiger partial charge in [-0.2, -0.15) is 0 Å². The number of ether oxygens (including phenoxy) is 2. The Kier molecular flexibility index (Phi) is 7.03. The molecule has 0 radical (unpaired) electrons. The van der Waals surface area contributed by atoms with Crippen LogP contribution in [0.2, 0.25) is 0 Å². The van der Waals surface area contributed by atoms with Crippen LogP contribution in [0.3, 0.4) is 0 Å². The van der Waals surface area contributed by atoms with E-state index in [0.717, 1.165) is 10.8 Å². The average molecular weight is 338 g/mol. The molecule has 25 heavy (non-hydrogen) atoms. The highest BCUT2D eigenvalue weighted by Crippen LogP contribution is 2.23. The van der Waals surface area contributed by atoms with E-state index in [1.54, 1.807) is 13.8 Å². The standard InChI is InChI=1S/C21H22O4/c1-3-13-25-19-12-11-16-14-18(10-9-17(16)15-19)20(22)7-5-6-8-21(23)24-4-2/h9-12,14-15H,4-8H2,1-2H3. The molecule has 0 saturated heterocycles. The molecule has 2 aromatic rings. The average Bonchev–Trinajstić information content (AvgIpc) is 2.63. The van der Waals surface area contributed by atoms with Gasteiger partial charge in [-0.15, -0.1) is 0 Å². The van der Waals surface area contributed by atoms with Crippen molar-refractivity contribution in [3.8, 4) is 17.8 Å². The number of hydrogen-bond acceptors (Lipinski definition) is 4. The summed E-state index contributed by atoms with van der Waals surface area (Å²) < 4.78 is 10.2. The lowest BCUT2D eigenvalue weighted by Gasteiger charge is -2.05. The van der Waals surface area contributed by atoms with Gasteiger partial charge in [0.2, 0.25) is 0 Å². The van der Waals surface area contributed by atoms with E-state index in [1.165, 1.54) is 0 Å². The van der Waals surface area contributed by atoms with Gasteiger partial charge in [0.05, 0.1) is 6.61 Å². The van der Waals surface area contributed by atoms with Crippen molar-refractivity contribution >= 4 is 22.5 Å². The first kappa shape index (κ1) is 18.5. The van der Waals surface area contributed by atoms with Crippen molar-refractivity contribution in [2.45, 2.75) is 39.5 Å². The largest absolute Gasteiger partial charge is 0.466 e. The lowest BCUT2D eigenvalue weighted by Crippen LogP contribution is -2.04. The molecule has 0 aromatic heterocycles. The fourth-order valence-corrected chi connectivity index (χ4v) is 2.50. The lowest BCUT2D eigenvalue weighted by atomic mass is 10.0. The maximum absolute atomic E-state index is 12.3. The second-order valence-corrected chi connectivity index (χ2v) is 5.61. The minimum atomic E-state index is -0.202. The Balaban J connectivity index is 1.94. The highest BCUT2D eigenvalue weighted by Gasteiger charge is 2.08. The first-order chi connectivity index (χ1) is 12.1. The quantitative estimate of drug-likeness (QED) is 0.308. The second kappa shape index (κ2) is 9.48. The molecule has 0 aliphatic carbocycles. The van der Waals surface area contributed by atoms with Gasteiger partial charge in [0.1, 0.15) is 11.9 Å². The van der Waals surface area contributed by atoms with Crippen molar-refractivity contribution in [1.29, 1.82) is 0 Å². The van der Waals surface area contributed by atoms with Gasteiger partial charge >= 0.3 is 5.97 Å². The van der Waals surface area contributed by atoms with Crippen LogP contribution in [0.15, 0.2) is 36.4 Å². The van der Waals surface area contributed by atoms with E-state index in [4.69, 9.17) is 9.47 Å². The molecule has 0 aliphatic heterocycles. The molecule has 0 fully saturated rings. The van der Waals surface area contributed by atoms with Crippen molar-refractivity contribution in [3.63, 3.8) is 0 Å². The maximum atomic E-state index is 12.3. The van der Waals surface area contributed by atoms with Crippen molar-refractivity contribution in [2.24, 2.45) is 0 Å². The van der Waals surface area contributed by atoms with Gasteiger partial charge in [-0.3, -0.25) is 9.59 Å². The molecule has 130 valence electrons. The molecule has 0 aliphatic rings. The van der Waals surface area contributed by atoms with E-state index in [-0.39, 0.29) is 11.8 Å². The molecule has 0 unspecified atom stereocenters. The van der Waals surface area contributed by atoms with Gasteiger partial charge in [0.15, 0.2) is 5.78 Å². The van der Waals surface area contributed by atoms with Crippen LogP contribution in [-0.2, 0) is 9.53 Å². The van der Waals surface area contributed by atoms with Crippen LogP contribution in [0, 0.1) is 12.0 Å². The Morgan fingerprint density at radius 2 is 1.72 bits per heavy atom. The number of Topliss-reactive ketones (excluding diaryl/α,β-unsaturated/α-hetero) is 1. The fraction of sp³-hybridized carbons (Fsp3) is 0.333. The topological polar surface area (TPSA) is 52.6 Å². The molecular weight excluding hydrogens is 316 g/mol. The summed E-state index contributed by atoms with van der Waals surface area (Å²) in [4.78, 5) is 23.6. The fourth-order valence-electron chi connectivity index (χ4n) is 2.50. The Labute approximate surface area is 148 Å². The zero-order valence-corrected chi connectivity index (χ0v) is 14.6. The van der Waals surface area contributed by atoms with Gasteiger partial charge in [-0.1, -0.05) is 24.1 Å². The third kappa shape index (κ3) is 5.65. The SMILES string of the molecule is CC#COc1ccc2cc(C(=O)CCCCC(=O)OCC)ccc2c1. The van der Waals surface area contributed by atoms with Crippen LogP contribution < -0.4 is 4.74 Å². The molecule has 2 aromatic carbocycles. The molecule has 2 rings (SSSR count). The van der Waals surface area contributed by atoms with Crippen LogP contribution >= 0.6 is 0 Å². The zero-order chi connectivity index (χ0) is 18.1. The van der Waals surface area contributed by atoms with Crippen molar-refractivity contribution in [3.05, 3.63) is 42.0 Å². The number of fused-ring (bicyclic) bond motifs is 1. The minimum absolute atomic E-state index is 0.0861. The Hall–Kier alpha value is -2.80. The Bertz CT molecular complexity index is 811. The molecule has 0 saturated carbocycles. The van der Waals surface area contributed by atoms with Crippen LogP contribution in [0.1, 0.15) is 49.9 Å². The molecule has 0 N–H and O–H groups in total. The molecule has 0 spiro atoms. The third-order valence-electron chi connectivity index (χ3n) is 3.74. The number of unbranched alkanes of at least 4 members (excludes halogenated alkanes) is 1. The summed E-state index contributed by atoms with van der Waals surface area (Å²) in [5.74, 6) is 3.24. The van der Waals surface area contributed by atoms with Crippen LogP contribution in [0.5, 0.6) is 5.75 Å². The number of benzene rings is 2. The monoisotopic (exact) mass is 338 g/mol. The summed E-state index contributed by atoms with van der Waals surface area (Å²) in [5.41, 5.74) is 0.686. The highest BCUT2D eigenvalue weighted by atomic mass is 16.5. The third-order valence-corrected chi connectivity index (χ3v) is 3.74. The number of esters is 1. The van der Waals surface area contributed by atoms with Crippen molar-refractivity contribution in [2.75, 3.05) is 6.61 Å². The van der Waals surface area contributed by atoms with Crippen LogP contribution in [0.25, 0.3) is 10.8 Å². The number of carbonyl (C=O) groups excluding carboxylic acids is 2. The maximum Gasteiger partial charge on any atom is 0.305 e.